The molecule has 0 atom stereocenters. The maximum Gasteiger partial charge on any atom is 0.240 e. The average Bonchev–Trinajstić information content (AvgIpc) is 2.87. The van der Waals surface area contributed by atoms with E-state index in [1.807, 2.05) is 0 Å². The van der Waals surface area contributed by atoms with Crippen LogP contribution in [0.3, 0.4) is 0 Å². The van der Waals surface area contributed by atoms with Crippen molar-refractivity contribution in [2.24, 2.45) is 0 Å². The molecule has 13 heavy (non-hydrogen) atoms. The molecule has 1 N–H and O–H groups in total. The van der Waals surface area contributed by atoms with Crippen LogP contribution in [0.1, 0.15) is 24.5 Å². The molecule has 2 aromatic heterocycles. The Morgan fingerprint density at radius 2 is 2.38 bits per heavy atom. The first-order chi connectivity index (χ1) is 6.36. The smallest absolute Gasteiger partial charge is 0.240 e. The third-order valence-corrected chi connectivity index (χ3v) is 2.38. The molecule has 2 heterocycles. The molecular formula is C9H8N2O2. The van der Waals surface area contributed by atoms with Gasteiger partial charge in [-0.15, -0.1) is 0 Å². The Balaban J connectivity index is 2.41. The summed E-state index contributed by atoms with van der Waals surface area (Å²) in [5.41, 5.74) is 1.32. The number of nitrogens with zero attached hydrogens (tertiary/aromatic N) is 1. The van der Waals surface area contributed by atoms with Gasteiger partial charge in [-0.2, -0.15) is 0 Å². The molecule has 0 aromatic carbocycles. The van der Waals surface area contributed by atoms with Gasteiger partial charge in [0.2, 0.25) is 5.71 Å². The van der Waals surface area contributed by atoms with Crippen LogP contribution in [-0.2, 0) is 0 Å². The van der Waals surface area contributed by atoms with Crippen LogP contribution < -0.4 is 5.43 Å². The molecule has 0 bridgehead atoms. The van der Waals surface area contributed by atoms with Gasteiger partial charge in [-0.1, -0.05) is 5.16 Å². The Kier molecular flexibility index (Phi) is 1.17. The summed E-state index contributed by atoms with van der Waals surface area (Å²) in [6.07, 6.45) is 3.82. The van der Waals surface area contributed by atoms with Crippen LogP contribution in [0.25, 0.3) is 11.1 Å². The molecule has 0 saturated heterocycles. The van der Waals surface area contributed by atoms with Crippen molar-refractivity contribution in [1.82, 2.24) is 10.1 Å². The van der Waals surface area contributed by atoms with Gasteiger partial charge < -0.3 is 9.51 Å². The zero-order valence-corrected chi connectivity index (χ0v) is 6.91. The predicted octanol–water partition coefficient (Wildman–Crippen LogP) is 1.39. The van der Waals surface area contributed by atoms with Gasteiger partial charge in [-0.3, -0.25) is 4.79 Å². The van der Waals surface area contributed by atoms with Crippen molar-refractivity contribution in [3.05, 3.63) is 28.2 Å². The van der Waals surface area contributed by atoms with E-state index in [-0.39, 0.29) is 5.43 Å². The Morgan fingerprint density at radius 3 is 3.15 bits per heavy atom. The average molecular weight is 176 g/mol. The van der Waals surface area contributed by atoms with Crippen LogP contribution in [0, 0.1) is 0 Å². The van der Waals surface area contributed by atoms with Crippen molar-refractivity contribution in [1.29, 1.82) is 0 Å². The van der Waals surface area contributed by atoms with Crippen molar-refractivity contribution in [3.63, 3.8) is 0 Å². The first kappa shape index (κ1) is 6.88. The van der Waals surface area contributed by atoms with E-state index in [0.717, 1.165) is 18.5 Å². The second kappa shape index (κ2) is 2.22. The van der Waals surface area contributed by atoms with Gasteiger partial charge in [0.15, 0.2) is 5.43 Å². The number of nitrogens with one attached hydrogen (secondary N) is 1. The molecule has 0 aliphatic heterocycles. The lowest BCUT2D eigenvalue weighted by molar-refractivity contribution is 0.439. The molecule has 0 spiro atoms. The van der Waals surface area contributed by atoms with E-state index in [0.29, 0.717) is 17.0 Å². The molecule has 1 aliphatic rings. The maximum atomic E-state index is 11.5. The summed E-state index contributed by atoms with van der Waals surface area (Å²) < 4.78 is 5.03. The van der Waals surface area contributed by atoms with Crippen LogP contribution in [0.2, 0.25) is 0 Å². The van der Waals surface area contributed by atoms with Crippen LogP contribution >= 0.6 is 0 Å². The van der Waals surface area contributed by atoms with E-state index in [1.165, 1.54) is 6.07 Å². The highest BCUT2D eigenvalue weighted by Gasteiger charge is 2.30. The van der Waals surface area contributed by atoms with E-state index in [2.05, 4.69) is 10.1 Å². The summed E-state index contributed by atoms with van der Waals surface area (Å²) in [4.78, 5) is 14.3. The highest BCUT2D eigenvalue weighted by atomic mass is 16.5. The monoisotopic (exact) mass is 176 g/mol. The maximum absolute atomic E-state index is 11.5. The number of pyridine rings is 1. The first-order valence-electron chi connectivity index (χ1n) is 4.33. The fourth-order valence-corrected chi connectivity index (χ4v) is 1.55. The minimum Gasteiger partial charge on any atom is -0.337 e. The van der Waals surface area contributed by atoms with Gasteiger partial charge in [0.1, 0.15) is 11.1 Å². The fraction of sp³-hybridized carbons (Fsp3) is 0.333. The summed E-state index contributed by atoms with van der Waals surface area (Å²) in [7, 11) is 0. The molecular weight excluding hydrogens is 168 g/mol. The summed E-state index contributed by atoms with van der Waals surface area (Å²) in [5, 5.41) is 4.54. The molecule has 1 saturated carbocycles. The molecule has 4 nitrogen and oxygen atoms in total. The van der Waals surface area contributed by atoms with Crippen LogP contribution in [-0.4, -0.2) is 10.1 Å². The van der Waals surface area contributed by atoms with Gasteiger partial charge in [0.05, 0.1) is 0 Å². The number of H-pyrrole nitrogens is 1. The minimum atomic E-state index is -0.00287. The highest BCUT2D eigenvalue weighted by molar-refractivity contribution is 5.76. The fourth-order valence-electron chi connectivity index (χ4n) is 1.55. The normalized spacial score (nSPS) is 16.6. The topological polar surface area (TPSA) is 58.9 Å². The van der Waals surface area contributed by atoms with E-state index in [4.69, 9.17) is 4.52 Å². The van der Waals surface area contributed by atoms with Crippen molar-refractivity contribution >= 4 is 11.1 Å². The van der Waals surface area contributed by atoms with E-state index in [1.54, 1.807) is 6.20 Å². The summed E-state index contributed by atoms with van der Waals surface area (Å²) in [6, 6.07) is 1.51. The summed E-state index contributed by atoms with van der Waals surface area (Å²) >= 11 is 0. The van der Waals surface area contributed by atoms with Crippen molar-refractivity contribution in [2.75, 3.05) is 0 Å². The quantitative estimate of drug-likeness (QED) is 0.714. The molecule has 3 rings (SSSR count). The molecule has 0 unspecified atom stereocenters. The second-order valence-electron chi connectivity index (χ2n) is 3.39. The number of hydrogen-bond acceptors (Lipinski definition) is 3. The molecule has 4 heteroatoms. The van der Waals surface area contributed by atoms with Gasteiger partial charge >= 0.3 is 0 Å². The van der Waals surface area contributed by atoms with Crippen molar-refractivity contribution in [3.8, 4) is 0 Å². The Morgan fingerprint density at radius 1 is 1.54 bits per heavy atom. The molecule has 1 fully saturated rings. The first-order valence-corrected chi connectivity index (χ1v) is 4.33. The number of aromatic nitrogens is 2. The largest absolute Gasteiger partial charge is 0.337 e. The zero-order chi connectivity index (χ0) is 8.84. The van der Waals surface area contributed by atoms with Crippen LogP contribution in [0.15, 0.2) is 21.6 Å². The standard InChI is InChI=1S/C9H8N2O2/c12-6-3-4-10-9-7(6)8(11-13-9)5-1-2-5/h3-5H,1-2H2,(H,10,12). The number of rotatable bonds is 1. The zero-order valence-electron chi connectivity index (χ0n) is 6.91. The lowest BCUT2D eigenvalue weighted by atomic mass is 10.2. The van der Waals surface area contributed by atoms with Gasteiger partial charge in [-0.05, 0) is 12.8 Å². The molecule has 1 aliphatic carbocycles. The molecule has 2 aromatic rings. The number of hydrogen-bond donors (Lipinski definition) is 1. The van der Waals surface area contributed by atoms with E-state index >= 15 is 0 Å². The number of fused-ring (bicyclic) bond motifs is 1. The SMILES string of the molecule is O=c1cc[nH]c2onc(C3CC3)c12. The second-order valence-corrected chi connectivity index (χ2v) is 3.39. The van der Waals surface area contributed by atoms with Gasteiger partial charge in [0.25, 0.3) is 0 Å². The van der Waals surface area contributed by atoms with Crippen molar-refractivity contribution in [2.45, 2.75) is 18.8 Å². The lowest BCUT2D eigenvalue weighted by Crippen LogP contribution is -2.00. The van der Waals surface area contributed by atoms with Gasteiger partial charge in [-0.25, -0.2) is 0 Å². The lowest BCUT2D eigenvalue weighted by Gasteiger charge is -1.87. The summed E-state index contributed by atoms with van der Waals surface area (Å²) in [6.45, 7) is 0. The molecule has 0 amide bonds. The van der Waals surface area contributed by atoms with E-state index in [9.17, 15) is 4.79 Å². The van der Waals surface area contributed by atoms with Gasteiger partial charge in [0, 0.05) is 18.2 Å². The third kappa shape index (κ3) is 0.915. The molecule has 0 radical (unpaired) electrons. The Bertz CT molecular complexity index is 508. The van der Waals surface area contributed by atoms with Crippen molar-refractivity contribution < 1.29 is 4.52 Å². The Labute approximate surface area is 73.5 Å². The summed E-state index contributed by atoms with van der Waals surface area (Å²) in [5.74, 6) is 0.449. The van der Waals surface area contributed by atoms with Crippen LogP contribution in [0.5, 0.6) is 0 Å². The molecule has 66 valence electrons. The predicted molar refractivity (Wildman–Crippen MR) is 46.6 cm³/mol. The van der Waals surface area contributed by atoms with E-state index < -0.39 is 0 Å². The number of aromatic amines is 1. The highest BCUT2D eigenvalue weighted by Crippen LogP contribution is 2.41. The Hall–Kier alpha value is -1.58. The van der Waals surface area contributed by atoms with Crippen LogP contribution in [0.4, 0.5) is 0 Å². The third-order valence-electron chi connectivity index (χ3n) is 2.38. The minimum absolute atomic E-state index is 0.00287.